The predicted octanol–water partition coefficient (Wildman–Crippen LogP) is 1.27. The van der Waals surface area contributed by atoms with Crippen LogP contribution in [0.4, 0.5) is 0 Å². The molecule has 0 aliphatic carbocycles. The Kier molecular flexibility index (Phi) is 9.06. The van der Waals surface area contributed by atoms with Crippen molar-refractivity contribution in [2.45, 2.75) is 13.5 Å². The van der Waals surface area contributed by atoms with Crippen LogP contribution in [0.2, 0.25) is 0 Å². The van der Waals surface area contributed by atoms with Gasteiger partial charge in [-0.15, -0.1) is 0 Å². The van der Waals surface area contributed by atoms with Gasteiger partial charge in [0.2, 0.25) is 0 Å². The van der Waals surface area contributed by atoms with Gasteiger partial charge in [0.25, 0.3) is 0 Å². The van der Waals surface area contributed by atoms with E-state index in [1.54, 1.807) is 19.2 Å². The lowest BCUT2D eigenvalue weighted by Crippen LogP contribution is -2.14. The van der Waals surface area contributed by atoms with Gasteiger partial charge in [0, 0.05) is 12.1 Å². The van der Waals surface area contributed by atoms with E-state index in [1.165, 1.54) is 7.11 Å². The first-order valence-electron chi connectivity index (χ1n) is 6.03. The summed E-state index contributed by atoms with van der Waals surface area (Å²) in [5.41, 5.74) is 1.19. The van der Waals surface area contributed by atoms with Crippen molar-refractivity contribution in [3.63, 3.8) is 0 Å². The van der Waals surface area contributed by atoms with Crippen molar-refractivity contribution in [3.05, 3.63) is 23.3 Å². The lowest BCUT2D eigenvalue weighted by Gasteiger charge is -2.18. The summed E-state index contributed by atoms with van der Waals surface area (Å²) in [7, 11) is -1.17. The number of aliphatic hydroxyl groups excluding tert-OH is 1. The van der Waals surface area contributed by atoms with Crippen molar-refractivity contribution in [2.24, 2.45) is 0 Å². The molecule has 9 heteroatoms. The molecule has 0 saturated carbocycles. The molecule has 1 aromatic carbocycles. The SMILES string of the molecule is CNCCOP(=O)(O)Oc1c(CO)cc(C)cc1OC.P. The van der Waals surface area contributed by atoms with Gasteiger partial charge in [0.1, 0.15) is 0 Å². The topological polar surface area (TPSA) is 97.3 Å². The average Bonchev–Trinajstić information content (AvgIpc) is 2.40. The number of hydrogen-bond acceptors (Lipinski definition) is 6. The molecule has 2 atom stereocenters. The number of aliphatic hydroxyl groups is 1. The van der Waals surface area contributed by atoms with Gasteiger partial charge in [-0.05, 0) is 31.7 Å². The molecule has 1 aromatic rings. The number of phosphoric ester groups is 1. The van der Waals surface area contributed by atoms with Crippen LogP contribution in [-0.2, 0) is 15.7 Å². The molecular weight excluding hydrogens is 316 g/mol. The number of nitrogens with one attached hydrogen (secondary N) is 1. The van der Waals surface area contributed by atoms with E-state index in [0.717, 1.165) is 5.56 Å². The Morgan fingerprint density at radius 2 is 2.05 bits per heavy atom. The predicted molar refractivity (Wildman–Crippen MR) is 85.1 cm³/mol. The Labute approximate surface area is 127 Å². The molecule has 2 unspecified atom stereocenters. The van der Waals surface area contributed by atoms with Crippen LogP contribution in [0.5, 0.6) is 11.5 Å². The van der Waals surface area contributed by atoms with Crippen molar-refractivity contribution < 1.29 is 28.3 Å². The van der Waals surface area contributed by atoms with E-state index in [4.69, 9.17) is 13.8 Å². The summed E-state index contributed by atoms with van der Waals surface area (Å²) in [6, 6.07) is 3.29. The Hall–Kier alpha value is -0.680. The van der Waals surface area contributed by atoms with Gasteiger partial charge < -0.3 is 19.7 Å². The number of aryl methyl sites for hydroxylation is 1. The summed E-state index contributed by atoms with van der Waals surface area (Å²) in [5.74, 6) is 0.274. The quantitative estimate of drug-likeness (QED) is 0.485. The zero-order valence-corrected chi connectivity index (χ0v) is 14.8. The molecule has 0 aliphatic rings. The molecule has 3 N–H and O–H groups in total. The molecule has 0 amide bonds. The molecule has 1 rings (SSSR count). The molecular formula is C12H23NO6P2. The number of benzene rings is 1. The Balaban J connectivity index is 0.00000400. The fourth-order valence-corrected chi connectivity index (χ4v) is 2.40. The maximum Gasteiger partial charge on any atom is 0.527 e. The second-order valence-corrected chi connectivity index (χ2v) is 5.49. The lowest BCUT2D eigenvalue weighted by atomic mass is 10.1. The normalized spacial score (nSPS) is 13.2. The molecule has 0 aromatic heterocycles. The van der Waals surface area contributed by atoms with Crippen LogP contribution >= 0.6 is 17.7 Å². The first-order valence-corrected chi connectivity index (χ1v) is 7.53. The summed E-state index contributed by atoms with van der Waals surface area (Å²) in [4.78, 5) is 9.65. The fourth-order valence-electron chi connectivity index (χ4n) is 1.59. The van der Waals surface area contributed by atoms with Crippen LogP contribution in [0, 0.1) is 6.92 Å². The molecule has 0 radical (unpaired) electrons. The number of likely N-dealkylation sites (N-methyl/N-ethyl adjacent to an activating group) is 1. The minimum Gasteiger partial charge on any atom is -0.493 e. The molecule has 0 aliphatic heterocycles. The summed E-state index contributed by atoms with van der Waals surface area (Å²) in [5, 5.41) is 12.1. The fraction of sp³-hybridized carbons (Fsp3) is 0.500. The van der Waals surface area contributed by atoms with Crippen LogP contribution in [0.15, 0.2) is 12.1 Å². The van der Waals surface area contributed by atoms with Crippen molar-refractivity contribution in [3.8, 4) is 11.5 Å². The number of ether oxygens (including phenoxy) is 1. The van der Waals surface area contributed by atoms with Crippen molar-refractivity contribution in [1.29, 1.82) is 0 Å². The smallest absolute Gasteiger partial charge is 0.493 e. The van der Waals surface area contributed by atoms with Crippen molar-refractivity contribution in [2.75, 3.05) is 27.3 Å². The number of phosphoric acid groups is 1. The Bertz CT molecular complexity index is 472. The van der Waals surface area contributed by atoms with Gasteiger partial charge >= 0.3 is 7.82 Å². The van der Waals surface area contributed by atoms with Crippen LogP contribution in [-0.4, -0.2) is 37.3 Å². The minimum atomic E-state index is -4.27. The van der Waals surface area contributed by atoms with Crippen LogP contribution < -0.4 is 14.6 Å². The van der Waals surface area contributed by atoms with E-state index in [9.17, 15) is 14.6 Å². The van der Waals surface area contributed by atoms with Gasteiger partial charge in [0.05, 0.1) is 20.3 Å². The largest absolute Gasteiger partial charge is 0.527 e. The minimum absolute atomic E-state index is 0. The van der Waals surface area contributed by atoms with E-state index in [-0.39, 0.29) is 34.6 Å². The molecule has 0 bridgehead atoms. The molecule has 21 heavy (non-hydrogen) atoms. The summed E-state index contributed by atoms with van der Waals surface area (Å²) >= 11 is 0. The van der Waals surface area contributed by atoms with Gasteiger partial charge in [-0.2, -0.15) is 9.90 Å². The molecule has 7 nitrogen and oxygen atoms in total. The first kappa shape index (κ1) is 20.3. The van der Waals surface area contributed by atoms with E-state index in [1.807, 2.05) is 6.92 Å². The molecule has 122 valence electrons. The molecule has 0 spiro atoms. The van der Waals surface area contributed by atoms with Crippen LogP contribution in [0.25, 0.3) is 0 Å². The molecule has 0 saturated heterocycles. The van der Waals surface area contributed by atoms with E-state index in [0.29, 0.717) is 12.1 Å². The summed E-state index contributed by atoms with van der Waals surface area (Å²) in [6.45, 7) is 1.90. The van der Waals surface area contributed by atoms with Gasteiger partial charge in [-0.3, -0.25) is 9.42 Å². The van der Waals surface area contributed by atoms with Crippen molar-refractivity contribution >= 4 is 17.7 Å². The van der Waals surface area contributed by atoms with E-state index >= 15 is 0 Å². The second kappa shape index (κ2) is 9.36. The third-order valence-electron chi connectivity index (χ3n) is 2.48. The zero-order chi connectivity index (χ0) is 15.2. The van der Waals surface area contributed by atoms with E-state index < -0.39 is 7.82 Å². The monoisotopic (exact) mass is 339 g/mol. The van der Waals surface area contributed by atoms with Crippen LogP contribution in [0.3, 0.4) is 0 Å². The number of hydrogen-bond donors (Lipinski definition) is 3. The first-order chi connectivity index (χ1) is 9.43. The highest BCUT2D eigenvalue weighted by molar-refractivity contribution is 7.47. The Morgan fingerprint density at radius 3 is 2.57 bits per heavy atom. The standard InChI is InChI=1S/C12H20NO6P.H3P/c1-9-6-10(8-14)12(11(7-9)17-3)19-20(15,16)18-5-4-13-2;/h6-7,13-14H,4-5,8H2,1-3H3,(H,15,16);1H3. The lowest BCUT2D eigenvalue weighted by molar-refractivity contribution is 0.200. The van der Waals surface area contributed by atoms with E-state index in [2.05, 4.69) is 5.32 Å². The van der Waals surface area contributed by atoms with Crippen LogP contribution in [0.1, 0.15) is 11.1 Å². The number of methoxy groups -OCH3 is 1. The highest BCUT2D eigenvalue weighted by Gasteiger charge is 2.26. The molecule has 0 heterocycles. The third-order valence-corrected chi connectivity index (χ3v) is 3.40. The highest BCUT2D eigenvalue weighted by atomic mass is 31.2. The average molecular weight is 339 g/mol. The summed E-state index contributed by atoms with van der Waals surface area (Å²) < 4.78 is 26.7. The van der Waals surface area contributed by atoms with Crippen molar-refractivity contribution in [1.82, 2.24) is 5.32 Å². The van der Waals surface area contributed by atoms with Gasteiger partial charge in [0.15, 0.2) is 11.5 Å². The van der Waals surface area contributed by atoms with Gasteiger partial charge in [-0.25, -0.2) is 4.57 Å². The highest BCUT2D eigenvalue weighted by Crippen LogP contribution is 2.48. The Morgan fingerprint density at radius 1 is 1.38 bits per heavy atom. The zero-order valence-electron chi connectivity index (χ0n) is 12.5. The second-order valence-electron chi connectivity index (χ2n) is 4.11. The maximum absolute atomic E-state index is 11.8. The summed E-state index contributed by atoms with van der Waals surface area (Å²) in [6.07, 6.45) is 0. The maximum atomic E-state index is 11.8. The number of rotatable bonds is 8. The molecule has 0 fully saturated rings. The van der Waals surface area contributed by atoms with Gasteiger partial charge in [-0.1, -0.05) is 0 Å². The third kappa shape index (κ3) is 6.30.